The Balaban J connectivity index is 2.26. The van der Waals surface area contributed by atoms with E-state index in [1.165, 1.54) is 18.2 Å². The van der Waals surface area contributed by atoms with E-state index in [0.717, 1.165) is 11.1 Å². The van der Waals surface area contributed by atoms with Crippen LogP contribution in [0.2, 0.25) is 5.02 Å². The molecule has 0 bridgehead atoms. The van der Waals surface area contributed by atoms with Gasteiger partial charge in [-0.25, -0.2) is 0 Å². The Morgan fingerprint density at radius 2 is 1.89 bits per heavy atom. The number of allylic oxidation sites excluding steroid dienone is 1. The van der Waals surface area contributed by atoms with Gasteiger partial charge in [0.15, 0.2) is 5.78 Å². The van der Waals surface area contributed by atoms with Gasteiger partial charge >= 0.3 is 0 Å². The summed E-state index contributed by atoms with van der Waals surface area (Å²) in [7, 11) is 0. The summed E-state index contributed by atoms with van der Waals surface area (Å²) in [4.78, 5) is 12.0. The number of aryl methyl sites for hydroxylation is 1. The maximum Gasteiger partial charge on any atom is 0.189 e. The topological polar surface area (TPSA) is 37.3 Å². The van der Waals surface area contributed by atoms with Gasteiger partial charge in [0.25, 0.3) is 0 Å². The monoisotopic (exact) mass is 272 g/mol. The predicted octanol–water partition coefficient (Wildman–Crippen LogP) is 4.25. The Kier molecular flexibility index (Phi) is 4.03. The van der Waals surface area contributed by atoms with E-state index >= 15 is 0 Å². The summed E-state index contributed by atoms with van der Waals surface area (Å²) in [5.41, 5.74) is 1.87. The van der Waals surface area contributed by atoms with Crippen LogP contribution in [0.3, 0.4) is 0 Å². The molecule has 2 nitrogen and oxygen atoms in total. The van der Waals surface area contributed by atoms with Crippen molar-refractivity contribution in [3.8, 4) is 5.75 Å². The number of carbonyl (C=O) groups is 1. The maximum atomic E-state index is 12.0. The quantitative estimate of drug-likeness (QED) is 0.670. The zero-order valence-corrected chi connectivity index (χ0v) is 11.2. The summed E-state index contributed by atoms with van der Waals surface area (Å²) in [6.07, 6.45) is 3.13. The van der Waals surface area contributed by atoms with Gasteiger partial charge in [-0.15, -0.1) is 0 Å². The number of halogens is 1. The minimum Gasteiger partial charge on any atom is -0.507 e. The van der Waals surface area contributed by atoms with Crippen LogP contribution in [-0.2, 0) is 0 Å². The van der Waals surface area contributed by atoms with Gasteiger partial charge in [0.1, 0.15) is 5.75 Å². The van der Waals surface area contributed by atoms with Crippen molar-refractivity contribution in [1.82, 2.24) is 0 Å². The molecule has 0 atom stereocenters. The molecule has 0 aromatic heterocycles. The molecule has 3 heteroatoms. The molecule has 0 heterocycles. The Hall–Kier alpha value is -2.06. The predicted molar refractivity (Wildman–Crippen MR) is 77.7 cm³/mol. The lowest BCUT2D eigenvalue weighted by molar-refractivity contribution is 0.104. The van der Waals surface area contributed by atoms with Crippen molar-refractivity contribution in [1.29, 1.82) is 0 Å². The number of phenolic OH excluding ortho intramolecular Hbond substituents is 1. The van der Waals surface area contributed by atoms with Gasteiger partial charge in [0.05, 0.1) is 5.56 Å². The van der Waals surface area contributed by atoms with Crippen molar-refractivity contribution in [3.05, 3.63) is 70.3 Å². The van der Waals surface area contributed by atoms with Crippen molar-refractivity contribution in [2.75, 3.05) is 0 Å². The minimum atomic E-state index is -0.275. The summed E-state index contributed by atoms with van der Waals surface area (Å²) < 4.78 is 0. The number of benzene rings is 2. The Bertz CT molecular complexity index is 631. The van der Waals surface area contributed by atoms with Crippen LogP contribution in [0, 0.1) is 6.92 Å². The molecule has 2 aromatic rings. The smallest absolute Gasteiger partial charge is 0.189 e. The van der Waals surface area contributed by atoms with Crippen LogP contribution in [0.15, 0.2) is 48.5 Å². The molecule has 1 N–H and O–H groups in total. The minimum absolute atomic E-state index is 0.0513. The molecule has 0 aliphatic heterocycles. The Morgan fingerprint density at radius 1 is 1.21 bits per heavy atom. The van der Waals surface area contributed by atoms with Crippen LogP contribution >= 0.6 is 11.6 Å². The van der Waals surface area contributed by atoms with Crippen molar-refractivity contribution in [2.24, 2.45) is 0 Å². The third kappa shape index (κ3) is 3.24. The zero-order valence-electron chi connectivity index (χ0n) is 10.4. The van der Waals surface area contributed by atoms with E-state index in [9.17, 15) is 9.90 Å². The lowest BCUT2D eigenvalue weighted by Crippen LogP contribution is -1.96. The second-order valence-electron chi connectivity index (χ2n) is 4.23. The highest BCUT2D eigenvalue weighted by Crippen LogP contribution is 2.26. The van der Waals surface area contributed by atoms with Crippen LogP contribution in [0.25, 0.3) is 6.08 Å². The number of carbonyl (C=O) groups excluding carboxylic acids is 1. The zero-order chi connectivity index (χ0) is 13.8. The first-order chi connectivity index (χ1) is 9.08. The van der Waals surface area contributed by atoms with E-state index in [1.807, 2.05) is 30.3 Å². The van der Waals surface area contributed by atoms with Crippen molar-refractivity contribution in [2.45, 2.75) is 6.92 Å². The maximum absolute atomic E-state index is 12.0. The van der Waals surface area contributed by atoms with Gasteiger partial charge in [0, 0.05) is 5.02 Å². The molecule has 0 aliphatic carbocycles. The number of rotatable bonds is 3. The van der Waals surface area contributed by atoms with Gasteiger partial charge in [-0.1, -0.05) is 48.0 Å². The average Bonchev–Trinajstić information content (AvgIpc) is 2.41. The molecule has 0 fully saturated rings. The third-order valence-electron chi connectivity index (χ3n) is 2.77. The molecule has 0 radical (unpaired) electrons. The van der Waals surface area contributed by atoms with Crippen molar-refractivity contribution in [3.63, 3.8) is 0 Å². The number of ketones is 1. The van der Waals surface area contributed by atoms with E-state index in [-0.39, 0.29) is 17.1 Å². The van der Waals surface area contributed by atoms with Gasteiger partial charge in [-0.3, -0.25) is 4.79 Å². The van der Waals surface area contributed by atoms with E-state index < -0.39 is 0 Å². The molecule has 0 amide bonds. The lowest BCUT2D eigenvalue weighted by atomic mass is 10.1. The molecule has 0 aliphatic rings. The highest BCUT2D eigenvalue weighted by Gasteiger charge is 2.10. The second kappa shape index (κ2) is 5.72. The number of phenols is 1. The summed E-state index contributed by atoms with van der Waals surface area (Å²) in [5, 5.41) is 10.2. The number of hydrogen-bond acceptors (Lipinski definition) is 2. The molecule has 19 heavy (non-hydrogen) atoms. The fraction of sp³-hybridized carbons (Fsp3) is 0.0625. The van der Waals surface area contributed by atoms with Gasteiger partial charge in [0.2, 0.25) is 0 Å². The summed E-state index contributed by atoms with van der Waals surface area (Å²) in [6, 6.07) is 12.5. The van der Waals surface area contributed by atoms with E-state index in [0.29, 0.717) is 5.02 Å². The molecule has 0 saturated heterocycles. The van der Waals surface area contributed by atoms with Gasteiger partial charge in [-0.2, -0.15) is 0 Å². The first kappa shape index (κ1) is 13.4. The molecular weight excluding hydrogens is 260 g/mol. The molecule has 2 rings (SSSR count). The standard InChI is InChI=1S/C16H13ClO2/c1-11-9-16(19)13(10-14(11)17)15(18)8-7-12-5-3-2-4-6-12/h2-10,19H,1H3. The number of aromatic hydroxyl groups is 1. The van der Waals surface area contributed by atoms with Crippen LogP contribution < -0.4 is 0 Å². The first-order valence-corrected chi connectivity index (χ1v) is 6.22. The van der Waals surface area contributed by atoms with Crippen LogP contribution in [0.1, 0.15) is 21.5 Å². The molecule has 2 aromatic carbocycles. The van der Waals surface area contributed by atoms with Crippen molar-refractivity contribution < 1.29 is 9.90 Å². The van der Waals surface area contributed by atoms with Gasteiger partial charge in [-0.05, 0) is 36.3 Å². The lowest BCUT2D eigenvalue weighted by Gasteiger charge is -2.04. The van der Waals surface area contributed by atoms with E-state index in [4.69, 9.17) is 11.6 Å². The number of hydrogen-bond donors (Lipinski definition) is 1. The third-order valence-corrected chi connectivity index (χ3v) is 3.18. The molecule has 0 unspecified atom stereocenters. The fourth-order valence-corrected chi connectivity index (χ4v) is 1.85. The first-order valence-electron chi connectivity index (χ1n) is 5.84. The fourth-order valence-electron chi connectivity index (χ4n) is 1.69. The highest BCUT2D eigenvalue weighted by atomic mass is 35.5. The molecular formula is C16H13ClO2. The summed E-state index contributed by atoms with van der Waals surface area (Å²) in [5.74, 6) is -0.326. The van der Waals surface area contributed by atoms with Crippen molar-refractivity contribution >= 4 is 23.5 Å². The largest absolute Gasteiger partial charge is 0.507 e. The van der Waals surface area contributed by atoms with Crippen LogP contribution in [0.5, 0.6) is 5.75 Å². The van der Waals surface area contributed by atoms with E-state index in [2.05, 4.69) is 0 Å². The summed E-state index contributed by atoms with van der Waals surface area (Å²) in [6.45, 7) is 1.77. The normalized spacial score (nSPS) is 10.8. The highest BCUT2D eigenvalue weighted by molar-refractivity contribution is 6.32. The van der Waals surface area contributed by atoms with E-state index in [1.54, 1.807) is 13.0 Å². The van der Waals surface area contributed by atoms with Crippen LogP contribution in [0.4, 0.5) is 0 Å². The molecule has 96 valence electrons. The van der Waals surface area contributed by atoms with Crippen LogP contribution in [-0.4, -0.2) is 10.9 Å². The van der Waals surface area contributed by atoms with Gasteiger partial charge < -0.3 is 5.11 Å². The SMILES string of the molecule is Cc1cc(O)c(C(=O)C=Cc2ccccc2)cc1Cl. The molecule has 0 spiro atoms. The Labute approximate surface area is 117 Å². The summed E-state index contributed by atoms with van der Waals surface area (Å²) >= 11 is 5.96. The average molecular weight is 273 g/mol. The Morgan fingerprint density at radius 3 is 2.58 bits per heavy atom. The molecule has 0 saturated carbocycles. The second-order valence-corrected chi connectivity index (χ2v) is 4.63.